The normalized spacial score (nSPS) is 12.3. The van der Waals surface area contributed by atoms with Crippen molar-refractivity contribution < 1.29 is 24.2 Å². The number of ether oxygens (including phenoxy) is 2. The summed E-state index contributed by atoms with van der Waals surface area (Å²) < 4.78 is 10.6. The van der Waals surface area contributed by atoms with Gasteiger partial charge in [-0.15, -0.1) is 0 Å². The van der Waals surface area contributed by atoms with Crippen LogP contribution in [0.15, 0.2) is 24.3 Å². The number of carbonyl (C=O) groups excluding carboxylic acids is 2. The minimum atomic E-state index is -0.775. The molecule has 0 heterocycles. The Morgan fingerprint density at radius 1 is 0.404 bits per heavy atom. The Morgan fingerprint density at radius 3 is 1.11 bits per heavy atom. The maximum absolute atomic E-state index is 12.2. The third kappa shape index (κ3) is 46.9. The van der Waals surface area contributed by atoms with Crippen LogP contribution in [-0.2, 0) is 19.1 Å². The van der Waals surface area contributed by atoms with Gasteiger partial charge in [-0.3, -0.25) is 9.59 Å². The van der Waals surface area contributed by atoms with Gasteiger partial charge in [0.1, 0.15) is 6.61 Å². The molecule has 0 saturated heterocycles. The number of esters is 2. The van der Waals surface area contributed by atoms with Crippen molar-refractivity contribution in [1.29, 1.82) is 0 Å². The van der Waals surface area contributed by atoms with Gasteiger partial charge in [0.15, 0.2) is 6.10 Å². The molecule has 0 amide bonds. The van der Waals surface area contributed by atoms with Crippen LogP contribution in [0.25, 0.3) is 0 Å². The van der Waals surface area contributed by atoms with E-state index in [1.54, 1.807) is 0 Å². The molecule has 0 bridgehead atoms. The fourth-order valence-corrected chi connectivity index (χ4v) is 7.65. The maximum Gasteiger partial charge on any atom is 0.306 e. The number of hydrogen-bond donors (Lipinski definition) is 1. The Kier molecular flexibility index (Phi) is 47.4. The average molecular weight is 803 g/mol. The molecule has 1 N–H and O–H groups in total. The molecule has 0 aliphatic rings. The van der Waals surface area contributed by atoms with Gasteiger partial charge >= 0.3 is 11.9 Å². The van der Waals surface area contributed by atoms with Crippen molar-refractivity contribution in [3.8, 4) is 0 Å². The standard InChI is InChI=1S/C52H98O5/c1-3-5-7-9-11-13-15-17-18-19-20-21-22-23-24-25-26-27-28-29-30-31-32-33-35-36-38-40-42-44-46-51(54)56-49-50(48-53)57-52(55)47-45-43-41-39-37-34-16-14-12-10-8-6-4-2/h8,10,14,16,50,53H,3-7,9,11-13,15,17-49H2,1-2H3/b10-8-,16-14-. The van der Waals surface area contributed by atoms with Crippen LogP contribution in [0, 0.1) is 0 Å². The molecular weight excluding hydrogens is 705 g/mol. The molecule has 5 nitrogen and oxygen atoms in total. The summed E-state index contributed by atoms with van der Waals surface area (Å²) in [6.45, 7) is 4.09. The smallest absolute Gasteiger partial charge is 0.306 e. The van der Waals surface area contributed by atoms with Crippen LogP contribution >= 0.6 is 0 Å². The van der Waals surface area contributed by atoms with Crippen molar-refractivity contribution >= 4 is 11.9 Å². The van der Waals surface area contributed by atoms with Gasteiger partial charge in [0.25, 0.3) is 0 Å². The van der Waals surface area contributed by atoms with Crippen molar-refractivity contribution in [3.05, 3.63) is 24.3 Å². The molecular formula is C52H98O5. The fourth-order valence-electron chi connectivity index (χ4n) is 7.65. The number of hydrogen-bond acceptors (Lipinski definition) is 5. The van der Waals surface area contributed by atoms with Crippen LogP contribution < -0.4 is 0 Å². The first-order valence-corrected chi connectivity index (χ1v) is 25.4. The third-order valence-corrected chi connectivity index (χ3v) is 11.5. The number of aliphatic hydroxyl groups is 1. The van der Waals surface area contributed by atoms with E-state index in [1.807, 2.05) is 0 Å². The Bertz CT molecular complexity index is 867. The van der Waals surface area contributed by atoms with Crippen molar-refractivity contribution in [3.63, 3.8) is 0 Å². The van der Waals surface area contributed by atoms with E-state index in [1.165, 1.54) is 193 Å². The van der Waals surface area contributed by atoms with Gasteiger partial charge in [-0.2, -0.15) is 0 Å². The Labute approximate surface area is 355 Å². The highest BCUT2D eigenvalue weighted by atomic mass is 16.6. The van der Waals surface area contributed by atoms with Gasteiger partial charge in [-0.25, -0.2) is 0 Å². The monoisotopic (exact) mass is 803 g/mol. The van der Waals surface area contributed by atoms with Crippen molar-refractivity contribution in [2.45, 2.75) is 283 Å². The molecule has 0 fully saturated rings. The summed E-state index contributed by atoms with van der Waals surface area (Å²) in [5, 5.41) is 9.59. The van der Waals surface area contributed by atoms with Crippen LogP contribution in [0.5, 0.6) is 0 Å². The lowest BCUT2D eigenvalue weighted by Crippen LogP contribution is -2.28. The summed E-state index contributed by atoms with van der Waals surface area (Å²) in [5.74, 6) is -0.595. The van der Waals surface area contributed by atoms with Crippen LogP contribution in [0.3, 0.4) is 0 Å². The Morgan fingerprint density at radius 2 is 0.737 bits per heavy atom. The lowest BCUT2D eigenvalue weighted by atomic mass is 10.0. The van der Waals surface area contributed by atoms with Crippen molar-refractivity contribution in [2.75, 3.05) is 13.2 Å². The minimum Gasteiger partial charge on any atom is -0.462 e. The van der Waals surface area contributed by atoms with E-state index in [0.717, 1.165) is 57.8 Å². The molecule has 57 heavy (non-hydrogen) atoms. The van der Waals surface area contributed by atoms with E-state index < -0.39 is 6.10 Å². The topological polar surface area (TPSA) is 72.8 Å². The molecule has 1 atom stereocenters. The molecule has 1 unspecified atom stereocenters. The van der Waals surface area contributed by atoms with E-state index >= 15 is 0 Å². The molecule has 0 spiro atoms. The van der Waals surface area contributed by atoms with E-state index in [4.69, 9.17) is 9.47 Å². The van der Waals surface area contributed by atoms with Gasteiger partial charge in [0.05, 0.1) is 6.61 Å². The largest absolute Gasteiger partial charge is 0.462 e. The van der Waals surface area contributed by atoms with E-state index in [0.29, 0.717) is 12.8 Å². The van der Waals surface area contributed by atoms with Crippen molar-refractivity contribution in [1.82, 2.24) is 0 Å². The highest BCUT2D eigenvalue weighted by Crippen LogP contribution is 2.17. The molecule has 336 valence electrons. The van der Waals surface area contributed by atoms with Crippen LogP contribution in [0.4, 0.5) is 0 Å². The van der Waals surface area contributed by atoms with Gasteiger partial charge < -0.3 is 14.6 Å². The number of allylic oxidation sites excluding steroid dienone is 4. The second-order valence-corrected chi connectivity index (χ2v) is 17.3. The minimum absolute atomic E-state index is 0.0669. The summed E-state index contributed by atoms with van der Waals surface area (Å²) in [6, 6.07) is 0. The predicted molar refractivity (Wildman–Crippen MR) is 247 cm³/mol. The highest BCUT2D eigenvalue weighted by molar-refractivity contribution is 5.70. The van der Waals surface area contributed by atoms with Gasteiger partial charge in [-0.05, 0) is 38.5 Å². The van der Waals surface area contributed by atoms with E-state index in [2.05, 4.69) is 38.2 Å². The lowest BCUT2D eigenvalue weighted by molar-refractivity contribution is -0.161. The van der Waals surface area contributed by atoms with Crippen LogP contribution in [0.1, 0.15) is 277 Å². The summed E-state index contributed by atoms with van der Waals surface area (Å²) in [7, 11) is 0. The third-order valence-electron chi connectivity index (χ3n) is 11.5. The van der Waals surface area contributed by atoms with E-state index in [9.17, 15) is 14.7 Å². The Hall–Kier alpha value is -1.62. The molecule has 0 rings (SSSR count). The Balaban J connectivity index is 3.39. The molecule has 0 aliphatic heterocycles. The summed E-state index contributed by atoms with van der Waals surface area (Å²) in [5.41, 5.74) is 0. The molecule has 0 aliphatic carbocycles. The molecule has 5 heteroatoms. The predicted octanol–water partition coefficient (Wildman–Crippen LogP) is 16.6. The zero-order valence-corrected chi connectivity index (χ0v) is 38.4. The van der Waals surface area contributed by atoms with Gasteiger partial charge in [0, 0.05) is 12.8 Å². The second kappa shape index (κ2) is 48.7. The molecule has 0 aromatic heterocycles. The fraction of sp³-hybridized carbons (Fsp3) is 0.885. The molecule has 0 saturated carbocycles. The zero-order valence-electron chi connectivity index (χ0n) is 38.4. The van der Waals surface area contributed by atoms with E-state index in [-0.39, 0.29) is 25.2 Å². The summed E-state index contributed by atoms with van der Waals surface area (Å²) in [4.78, 5) is 24.3. The van der Waals surface area contributed by atoms with Crippen LogP contribution in [-0.4, -0.2) is 36.4 Å². The zero-order chi connectivity index (χ0) is 41.4. The number of rotatable bonds is 47. The average Bonchev–Trinajstić information content (AvgIpc) is 3.21. The number of unbranched alkanes of at least 4 members (excludes halogenated alkanes) is 35. The van der Waals surface area contributed by atoms with Gasteiger partial charge in [0.2, 0.25) is 0 Å². The van der Waals surface area contributed by atoms with Gasteiger partial charge in [-0.1, -0.05) is 250 Å². The van der Waals surface area contributed by atoms with Crippen molar-refractivity contribution in [2.24, 2.45) is 0 Å². The molecule has 0 radical (unpaired) electrons. The first-order chi connectivity index (χ1) is 28.1. The van der Waals surface area contributed by atoms with Crippen LogP contribution in [0.2, 0.25) is 0 Å². The SMILES string of the molecule is CCC/C=C\C/C=C\CCCCCCCC(=O)OC(CO)COC(=O)CCCCCCCCCCCCCCCCCCCCCCCCCCCCCCCC. The molecule has 0 aromatic carbocycles. The summed E-state index contributed by atoms with van der Waals surface area (Å²) >= 11 is 0. The second-order valence-electron chi connectivity index (χ2n) is 17.3. The number of aliphatic hydroxyl groups excluding tert-OH is 1. The quantitative estimate of drug-likeness (QED) is 0.0377. The summed E-state index contributed by atoms with van der Waals surface area (Å²) in [6.07, 6.45) is 60.1. The maximum atomic E-state index is 12.2. The highest BCUT2D eigenvalue weighted by Gasteiger charge is 2.16. The molecule has 0 aromatic rings. The lowest BCUT2D eigenvalue weighted by Gasteiger charge is -2.15. The first kappa shape index (κ1) is 55.4. The number of carbonyl (C=O) groups is 2. The first-order valence-electron chi connectivity index (χ1n) is 25.4.